The largest absolute Gasteiger partial charge is 0.471 e. The maximum atomic E-state index is 12.0. The van der Waals surface area contributed by atoms with Gasteiger partial charge < -0.3 is 10.2 Å². The molecule has 0 spiro atoms. The number of amides is 2. The standard InChI is InChI=1S/C14H17F3N2O2/c1-2-19(11-7-4-3-5-8-11)12(20)9-6-10-18-13(21)14(15,16)17/h3-5,7-8H,2,6,9-10H2,1H3,(H,18,21). The lowest BCUT2D eigenvalue weighted by Gasteiger charge is -2.21. The van der Waals surface area contributed by atoms with Crippen molar-refractivity contribution in [2.75, 3.05) is 18.0 Å². The minimum Gasteiger partial charge on any atom is -0.348 e. The van der Waals surface area contributed by atoms with Crippen molar-refractivity contribution in [2.24, 2.45) is 0 Å². The van der Waals surface area contributed by atoms with Gasteiger partial charge in [-0.1, -0.05) is 18.2 Å². The second-order valence-electron chi connectivity index (χ2n) is 4.33. The SMILES string of the molecule is CCN(C(=O)CCCNC(=O)C(F)(F)F)c1ccccc1. The van der Waals surface area contributed by atoms with Gasteiger partial charge in [-0.3, -0.25) is 9.59 Å². The fourth-order valence-corrected chi connectivity index (χ4v) is 1.79. The first kappa shape index (κ1) is 17.0. The Morgan fingerprint density at radius 1 is 1.19 bits per heavy atom. The summed E-state index contributed by atoms with van der Waals surface area (Å²) in [6.07, 6.45) is -4.66. The number of nitrogens with one attached hydrogen (secondary N) is 1. The molecule has 0 fully saturated rings. The Balaban J connectivity index is 2.41. The van der Waals surface area contributed by atoms with Gasteiger partial charge in [-0.05, 0) is 25.5 Å². The van der Waals surface area contributed by atoms with Crippen molar-refractivity contribution < 1.29 is 22.8 Å². The molecule has 7 heteroatoms. The van der Waals surface area contributed by atoms with E-state index in [4.69, 9.17) is 0 Å². The predicted octanol–water partition coefficient (Wildman–Crippen LogP) is 2.50. The van der Waals surface area contributed by atoms with E-state index in [1.165, 1.54) is 0 Å². The van der Waals surface area contributed by atoms with E-state index in [1.54, 1.807) is 34.5 Å². The third-order valence-electron chi connectivity index (χ3n) is 2.80. The van der Waals surface area contributed by atoms with Gasteiger partial charge in [-0.2, -0.15) is 13.2 Å². The van der Waals surface area contributed by atoms with Crippen LogP contribution in [-0.4, -0.2) is 31.1 Å². The van der Waals surface area contributed by atoms with Crippen LogP contribution >= 0.6 is 0 Å². The average Bonchev–Trinajstić information content (AvgIpc) is 2.44. The summed E-state index contributed by atoms with van der Waals surface area (Å²) in [6, 6.07) is 9.00. The van der Waals surface area contributed by atoms with E-state index in [2.05, 4.69) is 0 Å². The maximum Gasteiger partial charge on any atom is 0.471 e. The summed E-state index contributed by atoms with van der Waals surface area (Å²) < 4.78 is 35.9. The second kappa shape index (κ2) is 7.66. The molecule has 2 amide bonds. The van der Waals surface area contributed by atoms with E-state index < -0.39 is 12.1 Å². The highest BCUT2D eigenvalue weighted by molar-refractivity contribution is 5.93. The Morgan fingerprint density at radius 2 is 1.81 bits per heavy atom. The van der Waals surface area contributed by atoms with Gasteiger partial charge in [0.15, 0.2) is 0 Å². The lowest BCUT2D eigenvalue weighted by molar-refractivity contribution is -0.173. The number of hydrogen-bond acceptors (Lipinski definition) is 2. The monoisotopic (exact) mass is 302 g/mol. The van der Waals surface area contributed by atoms with Crippen molar-refractivity contribution in [3.8, 4) is 0 Å². The van der Waals surface area contributed by atoms with Gasteiger partial charge in [0.25, 0.3) is 0 Å². The highest BCUT2D eigenvalue weighted by Crippen LogP contribution is 2.15. The van der Waals surface area contributed by atoms with Crippen LogP contribution in [0, 0.1) is 0 Å². The van der Waals surface area contributed by atoms with Gasteiger partial charge in [0.05, 0.1) is 0 Å². The molecule has 0 atom stereocenters. The summed E-state index contributed by atoms with van der Waals surface area (Å²) in [5.41, 5.74) is 0.740. The molecule has 1 rings (SSSR count). The molecule has 116 valence electrons. The minimum absolute atomic E-state index is 0.0703. The summed E-state index contributed by atoms with van der Waals surface area (Å²) in [4.78, 5) is 24.1. The van der Waals surface area contributed by atoms with Crippen LogP contribution in [0.5, 0.6) is 0 Å². The van der Waals surface area contributed by atoms with Crippen molar-refractivity contribution in [2.45, 2.75) is 25.9 Å². The number of alkyl halides is 3. The molecular formula is C14H17F3N2O2. The normalized spacial score (nSPS) is 11.0. The molecule has 0 radical (unpaired) electrons. The Hall–Kier alpha value is -2.05. The van der Waals surface area contributed by atoms with Crippen LogP contribution in [0.1, 0.15) is 19.8 Å². The lowest BCUT2D eigenvalue weighted by Crippen LogP contribution is -2.38. The molecular weight excluding hydrogens is 285 g/mol. The first-order chi connectivity index (χ1) is 9.86. The van der Waals surface area contributed by atoms with Crippen LogP contribution in [0.4, 0.5) is 18.9 Å². The number of benzene rings is 1. The molecule has 0 saturated carbocycles. The van der Waals surface area contributed by atoms with Crippen molar-refractivity contribution in [1.29, 1.82) is 0 Å². The van der Waals surface area contributed by atoms with E-state index in [-0.39, 0.29) is 25.3 Å². The van der Waals surface area contributed by atoms with Gasteiger partial charge in [0.1, 0.15) is 0 Å². The van der Waals surface area contributed by atoms with Gasteiger partial charge in [-0.25, -0.2) is 0 Å². The second-order valence-corrected chi connectivity index (χ2v) is 4.33. The number of para-hydroxylation sites is 1. The molecule has 0 aliphatic carbocycles. The fourth-order valence-electron chi connectivity index (χ4n) is 1.79. The number of rotatable bonds is 6. The fraction of sp³-hybridized carbons (Fsp3) is 0.429. The van der Waals surface area contributed by atoms with Gasteiger partial charge in [0, 0.05) is 25.2 Å². The Labute approximate surface area is 120 Å². The Kier molecular flexibility index (Phi) is 6.20. The van der Waals surface area contributed by atoms with Crippen LogP contribution in [0.15, 0.2) is 30.3 Å². The van der Waals surface area contributed by atoms with Gasteiger partial charge in [-0.15, -0.1) is 0 Å². The minimum atomic E-state index is -4.89. The van der Waals surface area contributed by atoms with Gasteiger partial charge in [0.2, 0.25) is 5.91 Å². The Morgan fingerprint density at radius 3 is 2.33 bits per heavy atom. The molecule has 0 aromatic heterocycles. The van der Waals surface area contributed by atoms with Crippen LogP contribution in [0.2, 0.25) is 0 Å². The molecule has 0 unspecified atom stereocenters. The third-order valence-corrected chi connectivity index (χ3v) is 2.80. The number of carbonyl (C=O) groups is 2. The molecule has 0 saturated heterocycles. The number of hydrogen-bond donors (Lipinski definition) is 1. The predicted molar refractivity (Wildman–Crippen MR) is 72.8 cm³/mol. The number of halogens is 3. The zero-order valence-corrected chi connectivity index (χ0v) is 11.6. The van der Waals surface area contributed by atoms with Crippen molar-refractivity contribution >= 4 is 17.5 Å². The van der Waals surface area contributed by atoms with E-state index in [0.29, 0.717) is 6.54 Å². The molecule has 21 heavy (non-hydrogen) atoms. The average molecular weight is 302 g/mol. The van der Waals surface area contributed by atoms with Crippen molar-refractivity contribution in [3.05, 3.63) is 30.3 Å². The lowest BCUT2D eigenvalue weighted by atomic mass is 10.2. The molecule has 4 nitrogen and oxygen atoms in total. The van der Waals surface area contributed by atoms with Crippen LogP contribution in [0.3, 0.4) is 0 Å². The third kappa shape index (κ3) is 5.45. The first-order valence-corrected chi connectivity index (χ1v) is 6.56. The first-order valence-electron chi connectivity index (χ1n) is 6.56. The maximum absolute atomic E-state index is 12.0. The van der Waals surface area contributed by atoms with E-state index in [0.717, 1.165) is 5.69 Å². The summed E-state index contributed by atoms with van der Waals surface area (Å²) in [5.74, 6) is -2.17. The van der Waals surface area contributed by atoms with Crippen LogP contribution < -0.4 is 10.2 Å². The van der Waals surface area contributed by atoms with Gasteiger partial charge >= 0.3 is 12.1 Å². The number of anilines is 1. The Bertz CT molecular complexity index is 475. The molecule has 0 aliphatic heterocycles. The van der Waals surface area contributed by atoms with Crippen LogP contribution in [0.25, 0.3) is 0 Å². The molecule has 1 aromatic carbocycles. The molecule has 0 bridgehead atoms. The molecule has 1 aromatic rings. The number of nitrogens with zero attached hydrogens (tertiary/aromatic N) is 1. The summed E-state index contributed by atoms with van der Waals surface area (Å²) in [6.45, 7) is 2.10. The summed E-state index contributed by atoms with van der Waals surface area (Å²) >= 11 is 0. The smallest absolute Gasteiger partial charge is 0.348 e. The topological polar surface area (TPSA) is 49.4 Å². The van der Waals surface area contributed by atoms with E-state index >= 15 is 0 Å². The highest BCUT2D eigenvalue weighted by Gasteiger charge is 2.38. The number of carbonyl (C=O) groups excluding carboxylic acids is 2. The zero-order valence-electron chi connectivity index (χ0n) is 11.6. The summed E-state index contributed by atoms with van der Waals surface area (Å²) in [7, 11) is 0. The van der Waals surface area contributed by atoms with E-state index in [9.17, 15) is 22.8 Å². The summed E-state index contributed by atoms with van der Waals surface area (Å²) in [5, 5.41) is 1.74. The quantitative estimate of drug-likeness (QED) is 0.821. The molecule has 0 aliphatic rings. The van der Waals surface area contributed by atoms with Crippen molar-refractivity contribution in [3.63, 3.8) is 0 Å². The highest BCUT2D eigenvalue weighted by atomic mass is 19.4. The molecule has 1 N–H and O–H groups in total. The van der Waals surface area contributed by atoms with E-state index in [1.807, 2.05) is 13.0 Å². The van der Waals surface area contributed by atoms with Crippen LogP contribution in [-0.2, 0) is 9.59 Å². The van der Waals surface area contributed by atoms with Crippen molar-refractivity contribution in [1.82, 2.24) is 5.32 Å². The zero-order chi connectivity index (χ0) is 15.9. The molecule has 0 heterocycles.